The molecule has 8 nitrogen and oxygen atoms in total. The van der Waals surface area contributed by atoms with Gasteiger partial charge in [-0.15, -0.1) is 0 Å². The van der Waals surface area contributed by atoms with Gasteiger partial charge in [0.1, 0.15) is 5.69 Å². The molecule has 1 aliphatic heterocycles. The van der Waals surface area contributed by atoms with Gasteiger partial charge in [0.2, 0.25) is 0 Å². The van der Waals surface area contributed by atoms with Crippen molar-refractivity contribution in [3.63, 3.8) is 0 Å². The lowest BCUT2D eigenvalue weighted by molar-refractivity contribution is -0.384. The number of hydrogen-bond donors (Lipinski definition) is 2. The lowest BCUT2D eigenvalue weighted by atomic mass is 10.1. The van der Waals surface area contributed by atoms with Gasteiger partial charge in [-0.1, -0.05) is 29.3 Å². The quantitative estimate of drug-likeness (QED) is 0.320. The molecule has 10 heteroatoms. The summed E-state index contributed by atoms with van der Waals surface area (Å²) >= 11 is 12.0. The van der Waals surface area contributed by atoms with Crippen molar-refractivity contribution in [2.75, 3.05) is 28.6 Å². The average Bonchev–Trinajstić information content (AvgIpc) is 3.33. The number of nitro groups is 1. The monoisotopic (exact) mass is 498 g/mol. The molecule has 2 N–H and O–H groups in total. The largest absolute Gasteiger partial charge is 0.366 e. The summed E-state index contributed by atoms with van der Waals surface area (Å²) in [6.07, 6.45) is 1.97. The van der Waals surface area contributed by atoms with Gasteiger partial charge in [0.25, 0.3) is 17.5 Å². The van der Waals surface area contributed by atoms with Crippen LogP contribution in [0, 0.1) is 10.1 Å². The molecule has 1 heterocycles. The SMILES string of the molecule is O=C(Nc1cccc(NC(=O)c2ccc(Cl)cc2Cl)c1)c1ccc(N2CCCC2)c([N+](=O)[O-])c1. The summed E-state index contributed by atoms with van der Waals surface area (Å²) in [4.78, 5) is 38.4. The molecular formula is C24H20Cl2N4O4. The Labute approximate surface area is 205 Å². The first-order valence-corrected chi connectivity index (χ1v) is 11.3. The molecule has 2 amide bonds. The van der Waals surface area contributed by atoms with Crippen molar-refractivity contribution in [1.29, 1.82) is 0 Å². The zero-order valence-electron chi connectivity index (χ0n) is 17.9. The molecule has 0 atom stereocenters. The summed E-state index contributed by atoms with van der Waals surface area (Å²) in [5, 5.41) is 17.7. The summed E-state index contributed by atoms with van der Waals surface area (Å²) in [6, 6.07) is 15.6. The van der Waals surface area contributed by atoms with Crippen LogP contribution in [0.5, 0.6) is 0 Å². The van der Waals surface area contributed by atoms with Crippen LogP contribution in [0.15, 0.2) is 60.7 Å². The Hall–Kier alpha value is -3.62. The minimum Gasteiger partial charge on any atom is -0.366 e. The molecule has 0 bridgehead atoms. The maximum Gasteiger partial charge on any atom is 0.293 e. The van der Waals surface area contributed by atoms with Gasteiger partial charge in [0, 0.05) is 41.1 Å². The lowest BCUT2D eigenvalue weighted by Crippen LogP contribution is -2.20. The number of carbonyl (C=O) groups is 2. The Bertz CT molecular complexity index is 1280. The standard InChI is InChI=1S/C24H20Cl2N4O4/c25-16-7-8-19(20(26)13-16)24(32)28-18-5-3-4-17(14-18)27-23(31)15-6-9-21(22(12-15)30(33)34)29-10-1-2-11-29/h3-9,12-14H,1-2,10-11H2,(H,27,31)(H,28,32). The molecule has 3 aromatic carbocycles. The highest BCUT2D eigenvalue weighted by atomic mass is 35.5. The smallest absolute Gasteiger partial charge is 0.293 e. The van der Waals surface area contributed by atoms with Crippen LogP contribution in [0.1, 0.15) is 33.6 Å². The number of rotatable bonds is 6. The number of halogens is 2. The summed E-state index contributed by atoms with van der Waals surface area (Å²) < 4.78 is 0. The third-order valence-electron chi connectivity index (χ3n) is 5.44. The lowest BCUT2D eigenvalue weighted by Gasteiger charge is -2.17. The van der Waals surface area contributed by atoms with E-state index in [1.54, 1.807) is 42.5 Å². The predicted molar refractivity (Wildman–Crippen MR) is 133 cm³/mol. The van der Waals surface area contributed by atoms with E-state index in [4.69, 9.17) is 23.2 Å². The Morgan fingerprint density at radius 3 is 2.21 bits per heavy atom. The van der Waals surface area contributed by atoms with Crippen LogP contribution in [0.4, 0.5) is 22.7 Å². The zero-order valence-corrected chi connectivity index (χ0v) is 19.4. The van der Waals surface area contributed by atoms with Crippen LogP contribution in [0.25, 0.3) is 0 Å². The number of anilines is 3. The minimum absolute atomic E-state index is 0.101. The average molecular weight is 499 g/mol. The first-order chi connectivity index (χ1) is 16.3. The normalized spacial score (nSPS) is 12.9. The molecule has 0 saturated carbocycles. The summed E-state index contributed by atoms with van der Waals surface area (Å²) in [6.45, 7) is 1.51. The van der Waals surface area contributed by atoms with Gasteiger partial charge in [-0.25, -0.2) is 0 Å². The van der Waals surface area contributed by atoms with Gasteiger partial charge >= 0.3 is 0 Å². The number of carbonyl (C=O) groups excluding carboxylic acids is 2. The fourth-order valence-electron chi connectivity index (χ4n) is 3.79. The van der Waals surface area contributed by atoms with E-state index >= 15 is 0 Å². The third kappa shape index (κ3) is 5.30. The van der Waals surface area contributed by atoms with E-state index in [0.29, 0.717) is 22.1 Å². The van der Waals surface area contributed by atoms with Crippen LogP contribution in [-0.2, 0) is 0 Å². The van der Waals surface area contributed by atoms with Crippen molar-refractivity contribution in [3.8, 4) is 0 Å². The maximum atomic E-state index is 12.8. The highest BCUT2D eigenvalue weighted by molar-refractivity contribution is 6.37. The molecule has 0 radical (unpaired) electrons. The molecule has 0 aliphatic carbocycles. The molecule has 0 unspecified atom stereocenters. The number of nitrogens with one attached hydrogen (secondary N) is 2. The van der Waals surface area contributed by atoms with E-state index in [0.717, 1.165) is 25.9 Å². The summed E-state index contributed by atoms with van der Waals surface area (Å²) in [5.41, 5.74) is 1.68. The van der Waals surface area contributed by atoms with Crippen molar-refractivity contribution >= 4 is 57.8 Å². The van der Waals surface area contributed by atoms with Crippen LogP contribution in [0.2, 0.25) is 10.0 Å². The van der Waals surface area contributed by atoms with E-state index in [1.165, 1.54) is 18.2 Å². The van der Waals surface area contributed by atoms with Gasteiger partial charge in [0.05, 0.1) is 15.5 Å². The first kappa shape index (κ1) is 23.5. The van der Waals surface area contributed by atoms with Crippen LogP contribution in [0.3, 0.4) is 0 Å². The second-order valence-corrected chi connectivity index (χ2v) is 8.61. The van der Waals surface area contributed by atoms with Gasteiger partial charge in [-0.3, -0.25) is 19.7 Å². The Morgan fingerprint density at radius 1 is 0.882 bits per heavy atom. The minimum atomic E-state index is -0.500. The Morgan fingerprint density at radius 2 is 1.56 bits per heavy atom. The van der Waals surface area contributed by atoms with Crippen LogP contribution >= 0.6 is 23.2 Å². The number of amides is 2. The highest BCUT2D eigenvalue weighted by Gasteiger charge is 2.24. The molecular weight excluding hydrogens is 479 g/mol. The van der Waals surface area contributed by atoms with Crippen LogP contribution in [-0.4, -0.2) is 29.8 Å². The van der Waals surface area contributed by atoms with Crippen molar-refractivity contribution < 1.29 is 14.5 Å². The fraction of sp³-hybridized carbons (Fsp3) is 0.167. The molecule has 4 rings (SSSR count). The summed E-state index contributed by atoms with van der Waals surface area (Å²) in [5.74, 6) is -0.932. The first-order valence-electron chi connectivity index (χ1n) is 10.5. The van der Waals surface area contributed by atoms with Crippen molar-refractivity contribution in [3.05, 3.63) is 92.0 Å². The molecule has 1 aliphatic rings. The maximum absolute atomic E-state index is 12.8. The van der Waals surface area contributed by atoms with E-state index in [1.807, 2.05) is 4.90 Å². The molecule has 34 heavy (non-hydrogen) atoms. The van der Waals surface area contributed by atoms with E-state index in [9.17, 15) is 19.7 Å². The fourth-order valence-corrected chi connectivity index (χ4v) is 4.28. The molecule has 0 spiro atoms. The van der Waals surface area contributed by atoms with Crippen molar-refractivity contribution in [2.24, 2.45) is 0 Å². The summed E-state index contributed by atoms with van der Waals surface area (Å²) in [7, 11) is 0. The molecule has 1 saturated heterocycles. The van der Waals surface area contributed by atoms with Crippen LogP contribution < -0.4 is 15.5 Å². The second-order valence-electron chi connectivity index (χ2n) is 7.77. The van der Waals surface area contributed by atoms with Gasteiger partial charge in [-0.2, -0.15) is 0 Å². The topological polar surface area (TPSA) is 105 Å². The molecule has 0 aromatic heterocycles. The Balaban J connectivity index is 1.49. The number of hydrogen-bond acceptors (Lipinski definition) is 5. The number of benzene rings is 3. The van der Waals surface area contributed by atoms with E-state index in [2.05, 4.69) is 10.6 Å². The Kier molecular flexibility index (Phi) is 7.00. The zero-order chi connectivity index (χ0) is 24.2. The van der Waals surface area contributed by atoms with Gasteiger partial charge in [-0.05, 0) is 61.4 Å². The molecule has 1 fully saturated rings. The molecule has 174 valence electrons. The number of nitrogens with zero attached hydrogens (tertiary/aromatic N) is 2. The van der Waals surface area contributed by atoms with Crippen molar-refractivity contribution in [1.82, 2.24) is 0 Å². The highest BCUT2D eigenvalue weighted by Crippen LogP contribution is 2.32. The van der Waals surface area contributed by atoms with Crippen molar-refractivity contribution in [2.45, 2.75) is 12.8 Å². The van der Waals surface area contributed by atoms with E-state index in [-0.39, 0.29) is 21.8 Å². The van der Waals surface area contributed by atoms with E-state index < -0.39 is 16.7 Å². The number of nitro benzene ring substituents is 1. The third-order valence-corrected chi connectivity index (χ3v) is 5.98. The second kappa shape index (κ2) is 10.1. The molecule has 3 aromatic rings. The van der Waals surface area contributed by atoms with Gasteiger partial charge < -0.3 is 15.5 Å². The predicted octanol–water partition coefficient (Wildman–Crippen LogP) is 6.01. The van der Waals surface area contributed by atoms with Gasteiger partial charge in [0.15, 0.2) is 0 Å².